The molecular formula is C20H32N8O. The summed E-state index contributed by atoms with van der Waals surface area (Å²) in [6.45, 7) is 7.93. The summed E-state index contributed by atoms with van der Waals surface area (Å²) in [5.74, 6) is 3.53. The largest absolute Gasteiger partial charge is 0.373 e. The van der Waals surface area contributed by atoms with Gasteiger partial charge >= 0.3 is 0 Å². The molecule has 0 saturated carbocycles. The Hall–Kier alpha value is -2.65. The van der Waals surface area contributed by atoms with Crippen molar-refractivity contribution in [3.63, 3.8) is 0 Å². The molecule has 0 unspecified atom stereocenters. The Labute approximate surface area is 172 Å². The predicted octanol–water partition coefficient (Wildman–Crippen LogP) is 1.87. The minimum Gasteiger partial charge on any atom is -0.373 e. The van der Waals surface area contributed by atoms with Crippen LogP contribution in [-0.4, -0.2) is 44.9 Å². The summed E-state index contributed by atoms with van der Waals surface area (Å²) in [5.41, 5.74) is -0.278. The molecule has 0 fully saturated rings. The molecule has 9 heteroatoms. The van der Waals surface area contributed by atoms with Gasteiger partial charge in [-0.15, -0.1) is 0 Å². The maximum Gasteiger partial charge on any atom is 0.146 e. The Balaban J connectivity index is 1.78. The number of hydrogen-bond acceptors (Lipinski definition) is 6. The van der Waals surface area contributed by atoms with Crippen molar-refractivity contribution in [3.8, 4) is 0 Å². The van der Waals surface area contributed by atoms with Crippen LogP contribution < -0.4 is 5.32 Å². The van der Waals surface area contributed by atoms with Crippen molar-refractivity contribution in [2.24, 2.45) is 26.6 Å². The van der Waals surface area contributed by atoms with Crippen LogP contribution in [0.5, 0.6) is 0 Å². The molecule has 0 amide bonds. The van der Waals surface area contributed by atoms with Gasteiger partial charge in [0.25, 0.3) is 0 Å². The minimum absolute atomic E-state index is 0.278. The number of aromatic nitrogens is 6. The van der Waals surface area contributed by atoms with Crippen LogP contribution >= 0.6 is 0 Å². The van der Waals surface area contributed by atoms with Crippen LogP contribution in [-0.2, 0) is 40.8 Å². The minimum atomic E-state index is -0.679. The number of nitrogens with one attached hydrogen (secondary N) is 1. The molecule has 0 bridgehead atoms. The average molecular weight is 401 g/mol. The summed E-state index contributed by atoms with van der Waals surface area (Å²) in [5, 5.41) is 13.4. The lowest BCUT2D eigenvalue weighted by Gasteiger charge is -2.26. The van der Waals surface area contributed by atoms with Crippen LogP contribution in [0.1, 0.15) is 38.2 Å². The second-order valence-corrected chi connectivity index (χ2v) is 8.62. The van der Waals surface area contributed by atoms with Gasteiger partial charge in [-0.3, -0.25) is 4.90 Å². The first-order valence-electron chi connectivity index (χ1n) is 9.75. The molecule has 0 aliphatic heterocycles. The van der Waals surface area contributed by atoms with Crippen molar-refractivity contribution in [3.05, 3.63) is 48.5 Å². The van der Waals surface area contributed by atoms with Gasteiger partial charge in [0, 0.05) is 57.5 Å². The van der Waals surface area contributed by atoms with E-state index in [1.165, 1.54) is 0 Å². The van der Waals surface area contributed by atoms with E-state index in [1.54, 1.807) is 0 Å². The number of imidazole rings is 3. The fourth-order valence-electron chi connectivity index (χ4n) is 2.94. The van der Waals surface area contributed by atoms with E-state index in [9.17, 15) is 5.11 Å². The van der Waals surface area contributed by atoms with Crippen molar-refractivity contribution in [2.75, 3.05) is 5.32 Å². The standard InChI is InChI=1S/C20H32N8O/c1-20(2,3)19(29)24-15-11-27(6)18(23-15)14-28(12-16-21-7-9-25(16)4)13-17-22-8-10-26(17)5/h7-11,19,24,29H,12-14H2,1-6H3/t19-/m1/s1. The van der Waals surface area contributed by atoms with Crippen molar-refractivity contribution >= 4 is 5.82 Å². The van der Waals surface area contributed by atoms with Gasteiger partial charge in [0.05, 0.1) is 19.6 Å². The van der Waals surface area contributed by atoms with Crippen LogP contribution in [0.2, 0.25) is 0 Å². The van der Waals surface area contributed by atoms with Gasteiger partial charge in [0.2, 0.25) is 0 Å². The number of aliphatic hydroxyl groups is 1. The Morgan fingerprint density at radius 2 is 1.45 bits per heavy atom. The number of nitrogens with zero attached hydrogens (tertiary/aromatic N) is 7. The van der Waals surface area contributed by atoms with E-state index < -0.39 is 6.23 Å². The molecule has 3 aromatic rings. The van der Waals surface area contributed by atoms with Gasteiger partial charge in [0.1, 0.15) is 29.5 Å². The highest BCUT2D eigenvalue weighted by atomic mass is 16.3. The smallest absolute Gasteiger partial charge is 0.146 e. The highest BCUT2D eigenvalue weighted by molar-refractivity contribution is 5.34. The number of rotatable bonds is 8. The number of aryl methyl sites for hydroxylation is 3. The van der Waals surface area contributed by atoms with E-state index in [2.05, 4.69) is 20.2 Å². The van der Waals surface area contributed by atoms with E-state index in [-0.39, 0.29) is 5.41 Å². The Bertz CT molecular complexity index is 890. The van der Waals surface area contributed by atoms with E-state index in [4.69, 9.17) is 4.98 Å². The van der Waals surface area contributed by atoms with Crippen molar-refractivity contribution < 1.29 is 5.11 Å². The summed E-state index contributed by atoms with van der Waals surface area (Å²) in [6.07, 6.45) is 8.75. The summed E-state index contributed by atoms with van der Waals surface area (Å²) >= 11 is 0. The summed E-state index contributed by atoms with van der Waals surface area (Å²) in [7, 11) is 5.96. The Kier molecular flexibility index (Phi) is 6.09. The molecule has 9 nitrogen and oxygen atoms in total. The number of anilines is 1. The van der Waals surface area contributed by atoms with Crippen LogP contribution in [0.15, 0.2) is 31.0 Å². The predicted molar refractivity (Wildman–Crippen MR) is 112 cm³/mol. The third-order valence-electron chi connectivity index (χ3n) is 5.01. The molecule has 0 saturated heterocycles. The van der Waals surface area contributed by atoms with E-state index >= 15 is 0 Å². The van der Waals surface area contributed by atoms with Gasteiger partial charge in [0.15, 0.2) is 0 Å². The van der Waals surface area contributed by atoms with Gasteiger partial charge in [-0.05, 0) is 0 Å². The maximum atomic E-state index is 10.3. The molecule has 0 aliphatic rings. The Morgan fingerprint density at radius 1 is 0.931 bits per heavy atom. The molecule has 1 atom stereocenters. The second-order valence-electron chi connectivity index (χ2n) is 8.62. The van der Waals surface area contributed by atoms with Crippen molar-refractivity contribution in [1.82, 2.24) is 33.6 Å². The zero-order valence-corrected chi connectivity index (χ0v) is 18.2. The van der Waals surface area contributed by atoms with E-state index in [0.717, 1.165) is 17.5 Å². The molecule has 0 radical (unpaired) electrons. The van der Waals surface area contributed by atoms with Crippen LogP contribution in [0.4, 0.5) is 5.82 Å². The molecule has 0 aromatic carbocycles. The number of hydrogen-bond donors (Lipinski definition) is 2. The molecule has 0 aliphatic carbocycles. The molecule has 3 rings (SSSR count). The fourth-order valence-corrected chi connectivity index (χ4v) is 2.94. The molecule has 158 valence electrons. The quantitative estimate of drug-likeness (QED) is 0.561. The normalized spacial score (nSPS) is 13.2. The van der Waals surface area contributed by atoms with E-state index in [0.29, 0.717) is 25.5 Å². The van der Waals surface area contributed by atoms with Gasteiger partial charge < -0.3 is 24.1 Å². The first-order valence-corrected chi connectivity index (χ1v) is 9.75. The Morgan fingerprint density at radius 3 is 1.90 bits per heavy atom. The third-order valence-corrected chi connectivity index (χ3v) is 5.01. The highest BCUT2D eigenvalue weighted by Gasteiger charge is 2.23. The second kappa shape index (κ2) is 8.38. The van der Waals surface area contributed by atoms with Gasteiger partial charge in [-0.25, -0.2) is 15.0 Å². The van der Waals surface area contributed by atoms with Crippen LogP contribution in [0, 0.1) is 5.41 Å². The first-order chi connectivity index (χ1) is 13.6. The van der Waals surface area contributed by atoms with Gasteiger partial charge in [-0.1, -0.05) is 20.8 Å². The van der Waals surface area contributed by atoms with E-state index in [1.807, 2.05) is 86.6 Å². The summed E-state index contributed by atoms with van der Waals surface area (Å²) < 4.78 is 6.04. The third kappa shape index (κ3) is 5.24. The zero-order chi connectivity index (χ0) is 21.2. The SMILES string of the molecule is Cn1ccnc1CN(Cc1nccn1C)Cc1nc(N[C@H](O)C(C)(C)C)cn1C. The average Bonchev–Trinajstić information content (AvgIpc) is 3.30. The van der Waals surface area contributed by atoms with Crippen LogP contribution in [0.25, 0.3) is 0 Å². The molecule has 29 heavy (non-hydrogen) atoms. The molecule has 3 heterocycles. The summed E-state index contributed by atoms with van der Waals surface area (Å²) in [6, 6.07) is 0. The van der Waals surface area contributed by atoms with Crippen molar-refractivity contribution in [1.29, 1.82) is 0 Å². The highest BCUT2D eigenvalue weighted by Crippen LogP contribution is 2.21. The zero-order valence-electron chi connectivity index (χ0n) is 18.2. The molecule has 3 aromatic heterocycles. The molecule has 0 spiro atoms. The lowest BCUT2D eigenvalue weighted by molar-refractivity contribution is 0.0877. The lowest BCUT2D eigenvalue weighted by Crippen LogP contribution is -2.33. The van der Waals surface area contributed by atoms with Crippen molar-refractivity contribution in [2.45, 2.75) is 46.6 Å². The summed E-state index contributed by atoms with van der Waals surface area (Å²) in [4.78, 5) is 15.9. The molecular weight excluding hydrogens is 368 g/mol. The topological polar surface area (TPSA) is 89.0 Å². The maximum absolute atomic E-state index is 10.3. The monoisotopic (exact) mass is 400 g/mol. The van der Waals surface area contributed by atoms with Gasteiger partial charge in [-0.2, -0.15) is 0 Å². The first kappa shape index (κ1) is 21.1. The molecule has 2 N–H and O–H groups in total. The number of aliphatic hydroxyl groups excluding tert-OH is 1. The lowest BCUT2D eigenvalue weighted by atomic mass is 9.94. The van der Waals surface area contributed by atoms with Crippen LogP contribution in [0.3, 0.4) is 0 Å². The fraction of sp³-hybridized carbons (Fsp3) is 0.550.